The largest absolute Gasteiger partial charge is 0.377 e. The molecule has 0 bridgehead atoms. The summed E-state index contributed by atoms with van der Waals surface area (Å²) in [6.45, 7) is 7.08. The fraction of sp³-hybridized carbons (Fsp3) is 0.769. The second-order valence-corrected chi connectivity index (χ2v) is 5.30. The number of likely N-dealkylation sites (N-methyl/N-ethyl adjacent to an activating group) is 1. The zero-order valence-corrected chi connectivity index (χ0v) is 12.1. The molecule has 2 unspecified atom stereocenters. The minimum Gasteiger partial charge on any atom is -0.377 e. The molecule has 4 heteroatoms. The molecule has 1 heterocycles. The van der Waals surface area contributed by atoms with Crippen LogP contribution in [0.5, 0.6) is 0 Å². The minimum absolute atomic E-state index is 0.289. The number of nitrogens with zero attached hydrogens (tertiary/aromatic N) is 1. The number of ether oxygens (including phenoxy) is 1. The first kappa shape index (κ1) is 14.6. The molecule has 1 aromatic heterocycles. The van der Waals surface area contributed by atoms with Crippen molar-refractivity contribution in [2.75, 3.05) is 13.7 Å². The van der Waals surface area contributed by atoms with Crippen LogP contribution in [-0.2, 0) is 11.2 Å². The van der Waals surface area contributed by atoms with Gasteiger partial charge in [-0.15, -0.1) is 11.3 Å². The van der Waals surface area contributed by atoms with Crippen molar-refractivity contribution in [3.63, 3.8) is 0 Å². The molecule has 17 heavy (non-hydrogen) atoms. The van der Waals surface area contributed by atoms with Crippen LogP contribution in [-0.4, -0.2) is 30.8 Å². The average molecular weight is 256 g/mol. The molecule has 0 amide bonds. The van der Waals surface area contributed by atoms with E-state index in [1.807, 2.05) is 7.05 Å². The highest BCUT2D eigenvalue weighted by Gasteiger charge is 2.20. The Labute approximate surface area is 109 Å². The van der Waals surface area contributed by atoms with Gasteiger partial charge in [-0.1, -0.05) is 13.3 Å². The van der Waals surface area contributed by atoms with Crippen LogP contribution in [0.1, 0.15) is 37.4 Å². The van der Waals surface area contributed by atoms with Crippen LogP contribution in [0.3, 0.4) is 0 Å². The van der Waals surface area contributed by atoms with Gasteiger partial charge in [0.15, 0.2) is 0 Å². The van der Waals surface area contributed by atoms with Crippen molar-refractivity contribution in [2.24, 2.45) is 0 Å². The van der Waals surface area contributed by atoms with E-state index in [-0.39, 0.29) is 6.10 Å². The van der Waals surface area contributed by atoms with Gasteiger partial charge in [-0.25, -0.2) is 4.98 Å². The number of thiazole rings is 1. The molecule has 0 aliphatic carbocycles. The highest BCUT2D eigenvalue weighted by Crippen LogP contribution is 2.15. The highest BCUT2D eigenvalue weighted by molar-refractivity contribution is 7.09. The molecule has 98 valence electrons. The van der Waals surface area contributed by atoms with E-state index < -0.39 is 0 Å². The molecule has 0 spiro atoms. The lowest BCUT2D eigenvalue weighted by atomic mass is 10.0. The van der Waals surface area contributed by atoms with Crippen molar-refractivity contribution in [3.8, 4) is 0 Å². The second-order valence-electron chi connectivity index (χ2n) is 4.24. The predicted octanol–water partition coefficient (Wildman–Crippen LogP) is 2.79. The van der Waals surface area contributed by atoms with E-state index in [1.165, 1.54) is 5.69 Å². The first-order valence-corrected chi connectivity index (χ1v) is 7.29. The molecular formula is C13H24N2OS. The maximum atomic E-state index is 5.83. The van der Waals surface area contributed by atoms with E-state index in [4.69, 9.17) is 4.74 Å². The summed E-state index contributed by atoms with van der Waals surface area (Å²) in [5.41, 5.74) is 1.17. The van der Waals surface area contributed by atoms with Crippen molar-refractivity contribution in [3.05, 3.63) is 16.1 Å². The summed E-state index contributed by atoms with van der Waals surface area (Å²) in [4.78, 5) is 4.52. The normalized spacial score (nSPS) is 14.8. The molecular weight excluding hydrogens is 232 g/mol. The Balaban J connectivity index is 2.61. The molecule has 1 rings (SSSR count). The lowest BCUT2D eigenvalue weighted by Crippen LogP contribution is -2.41. The number of hydrogen-bond donors (Lipinski definition) is 1. The lowest BCUT2D eigenvalue weighted by Gasteiger charge is -2.26. The Hall–Kier alpha value is -0.450. The van der Waals surface area contributed by atoms with Crippen molar-refractivity contribution in [1.29, 1.82) is 0 Å². The van der Waals surface area contributed by atoms with Crippen LogP contribution in [0, 0.1) is 6.92 Å². The Morgan fingerprint density at radius 1 is 1.47 bits per heavy atom. The summed E-state index contributed by atoms with van der Waals surface area (Å²) in [7, 11) is 2.01. The second kappa shape index (κ2) is 7.80. The van der Waals surface area contributed by atoms with Crippen LogP contribution >= 0.6 is 11.3 Å². The van der Waals surface area contributed by atoms with Gasteiger partial charge >= 0.3 is 0 Å². The van der Waals surface area contributed by atoms with Crippen molar-refractivity contribution in [2.45, 2.75) is 52.2 Å². The minimum atomic E-state index is 0.289. The van der Waals surface area contributed by atoms with Crippen molar-refractivity contribution in [1.82, 2.24) is 10.3 Å². The molecule has 0 aromatic carbocycles. The maximum absolute atomic E-state index is 5.83. The fourth-order valence-electron chi connectivity index (χ4n) is 2.05. The van der Waals surface area contributed by atoms with E-state index in [1.54, 1.807) is 11.3 Å². The predicted molar refractivity (Wildman–Crippen MR) is 73.7 cm³/mol. The van der Waals surface area contributed by atoms with Crippen LogP contribution < -0.4 is 5.32 Å². The smallest absolute Gasteiger partial charge is 0.0897 e. The number of aryl methyl sites for hydroxylation is 1. The zero-order valence-electron chi connectivity index (χ0n) is 11.3. The van der Waals surface area contributed by atoms with Gasteiger partial charge in [0, 0.05) is 24.4 Å². The van der Waals surface area contributed by atoms with Gasteiger partial charge in [-0.2, -0.15) is 0 Å². The quantitative estimate of drug-likeness (QED) is 0.776. The summed E-state index contributed by atoms with van der Waals surface area (Å²) in [6, 6.07) is 0.358. The Kier molecular flexibility index (Phi) is 6.70. The summed E-state index contributed by atoms with van der Waals surface area (Å²) in [5.74, 6) is 0. The standard InChI is InChI=1S/C13H24N2OS/c1-5-7-13(16-6-2)12(14-4)8-11-9-17-10(3)15-11/h9,12-14H,5-8H2,1-4H3. The van der Waals surface area contributed by atoms with Crippen LogP contribution in [0.15, 0.2) is 5.38 Å². The fourth-order valence-corrected chi connectivity index (χ4v) is 2.67. The number of rotatable bonds is 8. The summed E-state index contributed by atoms with van der Waals surface area (Å²) >= 11 is 1.72. The first-order chi connectivity index (χ1) is 8.21. The SMILES string of the molecule is CCCC(OCC)C(Cc1csc(C)n1)NC. The monoisotopic (exact) mass is 256 g/mol. The molecule has 0 saturated heterocycles. The van der Waals surface area contributed by atoms with Gasteiger partial charge in [0.25, 0.3) is 0 Å². The molecule has 3 nitrogen and oxygen atoms in total. The first-order valence-electron chi connectivity index (χ1n) is 6.41. The van der Waals surface area contributed by atoms with Gasteiger partial charge in [0.05, 0.1) is 16.8 Å². The van der Waals surface area contributed by atoms with Crippen LogP contribution in [0.2, 0.25) is 0 Å². The van der Waals surface area contributed by atoms with Gasteiger partial charge in [0.1, 0.15) is 0 Å². The number of aromatic nitrogens is 1. The maximum Gasteiger partial charge on any atom is 0.0897 e. The van der Waals surface area contributed by atoms with E-state index in [2.05, 4.69) is 36.5 Å². The molecule has 0 radical (unpaired) electrons. The third-order valence-electron chi connectivity index (χ3n) is 2.87. The molecule has 0 fully saturated rings. The van der Waals surface area contributed by atoms with Crippen molar-refractivity contribution < 1.29 is 4.74 Å². The molecule has 1 aromatic rings. The Bertz CT molecular complexity index is 308. The van der Waals surface area contributed by atoms with Crippen molar-refractivity contribution >= 4 is 11.3 Å². The summed E-state index contributed by atoms with van der Waals surface area (Å²) in [5, 5.41) is 6.65. The molecule has 2 atom stereocenters. The Morgan fingerprint density at radius 3 is 2.71 bits per heavy atom. The highest BCUT2D eigenvalue weighted by atomic mass is 32.1. The van der Waals surface area contributed by atoms with Gasteiger partial charge in [0.2, 0.25) is 0 Å². The summed E-state index contributed by atoms with van der Waals surface area (Å²) in [6.07, 6.45) is 3.49. The molecule has 0 aliphatic rings. The van der Waals surface area contributed by atoms with Gasteiger partial charge in [-0.3, -0.25) is 0 Å². The third kappa shape index (κ3) is 4.74. The topological polar surface area (TPSA) is 34.1 Å². The number of hydrogen-bond acceptors (Lipinski definition) is 4. The Morgan fingerprint density at radius 2 is 2.24 bits per heavy atom. The molecule has 0 aliphatic heterocycles. The van der Waals surface area contributed by atoms with Crippen LogP contribution in [0.25, 0.3) is 0 Å². The van der Waals surface area contributed by atoms with Gasteiger partial charge in [-0.05, 0) is 27.3 Å². The third-order valence-corrected chi connectivity index (χ3v) is 3.69. The molecule has 0 saturated carbocycles. The van der Waals surface area contributed by atoms with Crippen LogP contribution in [0.4, 0.5) is 0 Å². The van der Waals surface area contributed by atoms with Gasteiger partial charge < -0.3 is 10.1 Å². The van der Waals surface area contributed by atoms with E-state index in [0.29, 0.717) is 6.04 Å². The van der Waals surface area contributed by atoms with E-state index in [9.17, 15) is 0 Å². The number of nitrogens with one attached hydrogen (secondary N) is 1. The van der Waals surface area contributed by atoms with E-state index in [0.717, 1.165) is 30.9 Å². The average Bonchev–Trinajstić information content (AvgIpc) is 2.72. The zero-order chi connectivity index (χ0) is 12.7. The lowest BCUT2D eigenvalue weighted by molar-refractivity contribution is 0.0299. The summed E-state index contributed by atoms with van der Waals surface area (Å²) < 4.78 is 5.83. The molecule has 1 N–H and O–H groups in total. The van der Waals surface area contributed by atoms with E-state index >= 15 is 0 Å².